The van der Waals surface area contributed by atoms with E-state index in [-0.39, 0.29) is 5.91 Å². The number of hydrogen-bond donors (Lipinski definition) is 3. The molecule has 0 spiro atoms. The van der Waals surface area contributed by atoms with Crippen molar-refractivity contribution in [2.75, 3.05) is 11.9 Å². The Balaban J connectivity index is 2.21. The summed E-state index contributed by atoms with van der Waals surface area (Å²) in [6, 6.07) is 6.74. The fourth-order valence-corrected chi connectivity index (χ4v) is 2.64. The summed E-state index contributed by atoms with van der Waals surface area (Å²) in [5.41, 5.74) is 11.3. The van der Waals surface area contributed by atoms with E-state index in [1.165, 1.54) is 0 Å². The molecule has 2 rings (SSSR count). The van der Waals surface area contributed by atoms with Crippen LogP contribution in [0.15, 0.2) is 24.3 Å². The molecule has 102 valence electrons. The summed E-state index contributed by atoms with van der Waals surface area (Å²) in [6.07, 6.45) is 3.63. The Labute approximate surface area is 112 Å². The van der Waals surface area contributed by atoms with E-state index < -0.39 is 11.3 Å². The van der Waals surface area contributed by atoms with Crippen LogP contribution in [0.1, 0.15) is 36.0 Å². The van der Waals surface area contributed by atoms with Crippen molar-refractivity contribution in [1.29, 1.82) is 0 Å². The second-order valence-corrected chi connectivity index (χ2v) is 5.06. The van der Waals surface area contributed by atoms with Gasteiger partial charge in [-0.15, -0.1) is 0 Å². The second kappa shape index (κ2) is 5.40. The quantitative estimate of drug-likeness (QED) is 0.760. The third-order valence-corrected chi connectivity index (χ3v) is 3.87. The third-order valence-electron chi connectivity index (χ3n) is 3.87. The summed E-state index contributed by atoms with van der Waals surface area (Å²) in [5.74, 6) is -0.662. The fraction of sp³-hybridized carbons (Fsp3) is 0.429. The molecule has 1 aromatic carbocycles. The van der Waals surface area contributed by atoms with Crippen molar-refractivity contribution >= 4 is 17.5 Å². The van der Waals surface area contributed by atoms with Crippen molar-refractivity contribution in [2.45, 2.75) is 25.7 Å². The molecular weight excluding hydrogens is 242 g/mol. The Kier molecular flexibility index (Phi) is 3.85. The highest BCUT2D eigenvalue weighted by Crippen LogP contribution is 2.38. The maximum Gasteiger partial charge on any atom is 0.250 e. The monoisotopic (exact) mass is 261 g/mol. The topological polar surface area (TPSA) is 98.2 Å². The average molecular weight is 261 g/mol. The molecule has 1 aliphatic carbocycles. The molecule has 0 atom stereocenters. The van der Waals surface area contributed by atoms with E-state index in [0.29, 0.717) is 17.8 Å². The minimum Gasteiger partial charge on any atom is -0.366 e. The van der Waals surface area contributed by atoms with Crippen molar-refractivity contribution in [3.63, 3.8) is 0 Å². The Morgan fingerprint density at radius 1 is 1.21 bits per heavy atom. The fourth-order valence-electron chi connectivity index (χ4n) is 2.64. The second-order valence-electron chi connectivity index (χ2n) is 5.06. The van der Waals surface area contributed by atoms with Crippen molar-refractivity contribution in [2.24, 2.45) is 16.9 Å². The van der Waals surface area contributed by atoms with Crippen molar-refractivity contribution in [3.8, 4) is 0 Å². The average Bonchev–Trinajstić information content (AvgIpc) is 2.89. The lowest BCUT2D eigenvalue weighted by Crippen LogP contribution is -2.40. The molecule has 0 heterocycles. The maximum atomic E-state index is 12.4. The number of anilines is 1. The number of amides is 2. The van der Waals surface area contributed by atoms with Gasteiger partial charge in [0.2, 0.25) is 5.91 Å². The van der Waals surface area contributed by atoms with Gasteiger partial charge >= 0.3 is 0 Å². The molecule has 1 aliphatic rings. The smallest absolute Gasteiger partial charge is 0.250 e. The standard InChI is InChI=1S/C14H19N3O2/c15-9-14(7-3-4-8-14)13(19)17-11-6-2-1-5-10(11)12(16)18/h1-2,5-6H,3-4,7-9,15H2,(H2,16,18)(H,17,19). The Morgan fingerprint density at radius 2 is 1.84 bits per heavy atom. The van der Waals surface area contributed by atoms with E-state index in [1.807, 2.05) is 0 Å². The van der Waals surface area contributed by atoms with Crippen LogP contribution in [0.25, 0.3) is 0 Å². The molecular formula is C14H19N3O2. The molecule has 1 fully saturated rings. The number of benzene rings is 1. The van der Waals surface area contributed by atoms with Gasteiger partial charge in [-0.1, -0.05) is 25.0 Å². The van der Waals surface area contributed by atoms with Crippen LogP contribution in [0.2, 0.25) is 0 Å². The minimum atomic E-state index is -0.552. The summed E-state index contributed by atoms with van der Waals surface area (Å²) in [4.78, 5) is 23.7. The Hall–Kier alpha value is -1.88. The van der Waals surface area contributed by atoms with Gasteiger partial charge in [0.25, 0.3) is 5.91 Å². The van der Waals surface area contributed by atoms with E-state index in [2.05, 4.69) is 5.32 Å². The highest BCUT2D eigenvalue weighted by Gasteiger charge is 2.40. The zero-order valence-electron chi connectivity index (χ0n) is 10.8. The Bertz CT molecular complexity index is 493. The first-order valence-corrected chi connectivity index (χ1v) is 6.49. The normalized spacial score (nSPS) is 17.1. The predicted molar refractivity (Wildman–Crippen MR) is 73.5 cm³/mol. The van der Waals surface area contributed by atoms with Gasteiger partial charge in [0.1, 0.15) is 0 Å². The molecule has 0 aliphatic heterocycles. The highest BCUT2D eigenvalue weighted by atomic mass is 16.2. The maximum absolute atomic E-state index is 12.4. The SMILES string of the molecule is NCC1(C(=O)Nc2ccccc2C(N)=O)CCCC1. The number of hydrogen-bond acceptors (Lipinski definition) is 3. The van der Waals surface area contributed by atoms with E-state index in [1.54, 1.807) is 24.3 Å². The molecule has 0 unspecified atom stereocenters. The lowest BCUT2D eigenvalue weighted by molar-refractivity contribution is -0.124. The molecule has 5 nitrogen and oxygen atoms in total. The van der Waals surface area contributed by atoms with Gasteiger partial charge in [0.15, 0.2) is 0 Å². The van der Waals surface area contributed by atoms with Gasteiger partial charge in [-0.2, -0.15) is 0 Å². The summed E-state index contributed by atoms with van der Waals surface area (Å²) in [6.45, 7) is 0.331. The summed E-state index contributed by atoms with van der Waals surface area (Å²) in [5, 5.41) is 2.81. The molecule has 5 N–H and O–H groups in total. The zero-order valence-corrected chi connectivity index (χ0v) is 10.8. The molecule has 0 saturated heterocycles. The van der Waals surface area contributed by atoms with E-state index in [9.17, 15) is 9.59 Å². The molecule has 0 aromatic heterocycles. The third kappa shape index (κ3) is 2.61. The minimum absolute atomic E-state index is 0.110. The van der Waals surface area contributed by atoms with Crippen LogP contribution < -0.4 is 16.8 Å². The van der Waals surface area contributed by atoms with Crippen LogP contribution in [-0.2, 0) is 4.79 Å². The molecule has 5 heteroatoms. The highest BCUT2D eigenvalue weighted by molar-refractivity contribution is 6.04. The molecule has 1 aromatic rings. The number of nitrogens with two attached hydrogens (primary N) is 2. The van der Waals surface area contributed by atoms with Gasteiger partial charge in [-0.3, -0.25) is 9.59 Å². The van der Waals surface area contributed by atoms with Gasteiger partial charge in [0, 0.05) is 6.54 Å². The number of rotatable bonds is 4. The van der Waals surface area contributed by atoms with Crippen molar-refractivity contribution in [3.05, 3.63) is 29.8 Å². The molecule has 0 bridgehead atoms. The lowest BCUT2D eigenvalue weighted by Gasteiger charge is -2.26. The zero-order chi connectivity index (χ0) is 13.9. The summed E-state index contributed by atoms with van der Waals surface area (Å²) in [7, 11) is 0. The first-order valence-electron chi connectivity index (χ1n) is 6.49. The molecule has 19 heavy (non-hydrogen) atoms. The number of para-hydroxylation sites is 1. The van der Waals surface area contributed by atoms with E-state index in [0.717, 1.165) is 25.7 Å². The number of nitrogens with one attached hydrogen (secondary N) is 1. The van der Waals surface area contributed by atoms with Crippen LogP contribution in [0.4, 0.5) is 5.69 Å². The van der Waals surface area contributed by atoms with E-state index in [4.69, 9.17) is 11.5 Å². The number of carbonyl (C=O) groups excluding carboxylic acids is 2. The first-order chi connectivity index (χ1) is 9.09. The molecule has 0 radical (unpaired) electrons. The van der Waals surface area contributed by atoms with Gasteiger partial charge in [0.05, 0.1) is 16.7 Å². The van der Waals surface area contributed by atoms with Crippen LogP contribution in [0, 0.1) is 5.41 Å². The van der Waals surface area contributed by atoms with E-state index >= 15 is 0 Å². The summed E-state index contributed by atoms with van der Waals surface area (Å²) < 4.78 is 0. The predicted octanol–water partition coefficient (Wildman–Crippen LogP) is 1.24. The summed E-state index contributed by atoms with van der Waals surface area (Å²) >= 11 is 0. The van der Waals surface area contributed by atoms with Crippen LogP contribution in [0.3, 0.4) is 0 Å². The van der Waals surface area contributed by atoms with Gasteiger partial charge < -0.3 is 16.8 Å². The van der Waals surface area contributed by atoms with Crippen LogP contribution in [-0.4, -0.2) is 18.4 Å². The largest absolute Gasteiger partial charge is 0.366 e. The van der Waals surface area contributed by atoms with Crippen LogP contribution >= 0.6 is 0 Å². The lowest BCUT2D eigenvalue weighted by atomic mass is 9.85. The van der Waals surface area contributed by atoms with Crippen LogP contribution in [0.5, 0.6) is 0 Å². The molecule has 2 amide bonds. The number of primary amides is 1. The Morgan fingerprint density at radius 3 is 2.42 bits per heavy atom. The van der Waals surface area contributed by atoms with Crippen molar-refractivity contribution < 1.29 is 9.59 Å². The first kappa shape index (κ1) is 13.5. The van der Waals surface area contributed by atoms with Gasteiger partial charge in [-0.25, -0.2) is 0 Å². The number of carbonyl (C=O) groups is 2. The molecule has 1 saturated carbocycles. The van der Waals surface area contributed by atoms with Gasteiger partial charge in [-0.05, 0) is 25.0 Å². The van der Waals surface area contributed by atoms with Crippen molar-refractivity contribution in [1.82, 2.24) is 0 Å².